The minimum Gasteiger partial charge on any atom is -0.343 e. The third-order valence-corrected chi connectivity index (χ3v) is 4.12. The van der Waals surface area contributed by atoms with E-state index < -0.39 is 0 Å². The third-order valence-electron chi connectivity index (χ3n) is 2.83. The summed E-state index contributed by atoms with van der Waals surface area (Å²) in [5, 5.41) is 0. The molecule has 0 aromatic carbocycles. The van der Waals surface area contributed by atoms with E-state index in [1.165, 1.54) is 24.3 Å². The molecule has 0 bridgehead atoms. The topological polar surface area (TPSA) is 20.3 Å². The normalized spacial score (nSPS) is 22.0. The minimum atomic E-state index is 0.350. The fraction of sp³-hybridized carbons (Fsp3) is 0.909. The molecule has 0 radical (unpaired) electrons. The first-order valence-electron chi connectivity index (χ1n) is 5.63. The second kappa shape index (κ2) is 6.33. The molecule has 0 aromatic rings. The van der Waals surface area contributed by atoms with Crippen molar-refractivity contribution in [3.05, 3.63) is 0 Å². The average Bonchev–Trinajstić information content (AvgIpc) is 2.21. The van der Waals surface area contributed by atoms with Gasteiger partial charge in [0.25, 0.3) is 0 Å². The summed E-state index contributed by atoms with van der Waals surface area (Å²) in [5.74, 6) is 3.47. The number of hydrogen-bond acceptors (Lipinski definition) is 2. The molecule has 1 unspecified atom stereocenters. The summed E-state index contributed by atoms with van der Waals surface area (Å²) in [6.07, 6.45) is 3.32. The summed E-state index contributed by atoms with van der Waals surface area (Å²) in [4.78, 5) is 13.7. The van der Waals surface area contributed by atoms with Gasteiger partial charge >= 0.3 is 0 Å². The van der Waals surface area contributed by atoms with Crippen LogP contribution in [0.3, 0.4) is 0 Å². The molecule has 14 heavy (non-hydrogen) atoms. The van der Waals surface area contributed by atoms with E-state index in [4.69, 9.17) is 0 Å². The molecule has 0 aromatic heterocycles. The SMILES string of the molecule is CCN(CC)C(=O)CC1CCCSC1. The molecule has 1 aliphatic heterocycles. The van der Waals surface area contributed by atoms with E-state index >= 15 is 0 Å². The number of thioether (sulfide) groups is 1. The predicted molar refractivity (Wildman–Crippen MR) is 62.6 cm³/mol. The first-order valence-corrected chi connectivity index (χ1v) is 6.78. The summed E-state index contributed by atoms with van der Waals surface area (Å²) in [7, 11) is 0. The lowest BCUT2D eigenvalue weighted by molar-refractivity contribution is -0.131. The van der Waals surface area contributed by atoms with Crippen LogP contribution in [0.1, 0.15) is 33.1 Å². The maximum Gasteiger partial charge on any atom is 0.222 e. The number of carbonyl (C=O) groups excluding carboxylic acids is 1. The summed E-state index contributed by atoms with van der Waals surface area (Å²) in [6, 6.07) is 0. The first-order chi connectivity index (χ1) is 6.77. The Kier molecular flexibility index (Phi) is 5.38. The van der Waals surface area contributed by atoms with Crippen molar-refractivity contribution in [2.75, 3.05) is 24.6 Å². The maximum atomic E-state index is 11.8. The molecular formula is C11H21NOS. The molecule has 1 heterocycles. The van der Waals surface area contributed by atoms with Crippen LogP contribution in [-0.4, -0.2) is 35.4 Å². The lowest BCUT2D eigenvalue weighted by Gasteiger charge is -2.24. The van der Waals surface area contributed by atoms with Gasteiger partial charge in [0.05, 0.1) is 0 Å². The fourth-order valence-electron chi connectivity index (χ4n) is 1.92. The summed E-state index contributed by atoms with van der Waals surface area (Å²) in [5.41, 5.74) is 0. The Labute approximate surface area is 91.4 Å². The quantitative estimate of drug-likeness (QED) is 0.717. The second-order valence-electron chi connectivity index (χ2n) is 3.85. The van der Waals surface area contributed by atoms with E-state index in [2.05, 4.69) is 13.8 Å². The summed E-state index contributed by atoms with van der Waals surface area (Å²) in [6.45, 7) is 5.82. The van der Waals surface area contributed by atoms with E-state index in [0.717, 1.165) is 19.5 Å². The van der Waals surface area contributed by atoms with Crippen molar-refractivity contribution < 1.29 is 4.79 Å². The monoisotopic (exact) mass is 215 g/mol. The highest BCUT2D eigenvalue weighted by Crippen LogP contribution is 2.25. The second-order valence-corrected chi connectivity index (χ2v) is 5.00. The number of amides is 1. The first kappa shape index (κ1) is 11.9. The lowest BCUT2D eigenvalue weighted by Crippen LogP contribution is -2.32. The van der Waals surface area contributed by atoms with Crippen LogP contribution in [0.4, 0.5) is 0 Å². The molecule has 0 N–H and O–H groups in total. The van der Waals surface area contributed by atoms with Gasteiger partial charge in [-0.2, -0.15) is 11.8 Å². The largest absolute Gasteiger partial charge is 0.343 e. The van der Waals surface area contributed by atoms with E-state index in [9.17, 15) is 4.79 Å². The van der Waals surface area contributed by atoms with Gasteiger partial charge < -0.3 is 4.90 Å². The Morgan fingerprint density at radius 3 is 2.64 bits per heavy atom. The van der Waals surface area contributed by atoms with Crippen LogP contribution in [0.2, 0.25) is 0 Å². The van der Waals surface area contributed by atoms with Gasteiger partial charge in [-0.15, -0.1) is 0 Å². The Hall–Kier alpha value is -0.180. The molecular weight excluding hydrogens is 194 g/mol. The Bertz CT molecular complexity index is 174. The molecule has 3 heteroatoms. The highest BCUT2D eigenvalue weighted by molar-refractivity contribution is 7.99. The smallest absolute Gasteiger partial charge is 0.222 e. The van der Waals surface area contributed by atoms with E-state index in [1.54, 1.807) is 0 Å². The highest BCUT2D eigenvalue weighted by atomic mass is 32.2. The van der Waals surface area contributed by atoms with Crippen molar-refractivity contribution in [2.24, 2.45) is 5.92 Å². The van der Waals surface area contributed by atoms with Gasteiger partial charge in [0, 0.05) is 19.5 Å². The standard InChI is InChI=1S/C11H21NOS/c1-3-12(4-2)11(13)8-10-6-5-7-14-9-10/h10H,3-9H2,1-2H3. The van der Waals surface area contributed by atoms with Gasteiger partial charge in [-0.05, 0) is 44.1 Å². The van der Waals surface area contributed by atoms with E-state index in [1.807, 2.05) is 16.7 Å². The van der Waals surface area contributed by atoms with Crippen molar-refractivity contribution in [3.63, 3.8) is 0 Å². The lowest BCUT2D eigenvalue weighted by atomic mass is 10.0. The number of nitrogens with zero attached hydrogens (tertiary/aromatic N) is 1. The molecule has 1 atom stereocenters. The minimum absolute atomic E-state index is 0.350. The predicted octanol–water partition coefficient (Wildman–Crippen LogP) is 2.39. The fourth-order valence-corrected chi connectivity index (χ4v) is 3.08. The van der Waals surface area contributed by atoms with Crippen molar-refractivity contribution in [3.8, 4) is 0 Å². The van der Waals surface area contributed by atoms with Crippen molar-refractivity contribution in [1.82, 2.24) is 4.90 Å². The van der Waals surface area contributed by atoms with Crippen LogP contribution in [0.15, 0.2) is 0 Å². The zero-order valence-electron chi connectivity index (χ0n) is 9.29. The molecule has 0 aliphatic carbocycles. The van der Waals surface area contributed by atoms with Gasteiger partial charge in [0.2, 0.25) is 5.91 Å². The van der Waals surface area contributed by atoms with Crippen LogP contribution in [0.25, 0.3) is 0 Å². The van der Waals surface area contributed by atoms with Gasteiger partial charge in [0.15, 0.2) is 0 Å². The number of carbonyl (C=O) groups is 1. The van der Waals surface area contributed by atoms with Gasteiger partial charge in [-0.1, -0.05) is 0 Å². The van der Waals surface area contributed by atoms with Crippen molar-refractivity contribution in [1.29, 1.82) is 0 Å². The van der Waals surface area contributed by atoms with Crippen LogP contribution >= 0.6 is 11.8 Å². The molecule has 1 aliphatic rings. The van der Waals surface area contributed by atoms with Crippen LogP contribution in [0, 0.1) is 5.92 Å². The third kappa shape index (κ3) is 3.52. The molecule has 1 rings (SSSR count). The van der Waals surface area contributed by atoms with E-state index in [0.29, 0.717) is 11.8 Å². The van der Waals surface area contributed by atoms with E-state index in [-0.39, 0.29) is 0 Å². The highest BCUT2D eigenvalue weighted by Gasteiger charge is 2.19. The van der Waals surface area contributed by atoms with Crippen LogP contribution in [0.5, 0.6) is 0 Å². The molecule has 0 saturated carbocycles. The molecule has 2 nitrogen and oxygen atoms in total. The Morgan fingerprint density at radius 2 is 2.14 bits per heavy atom. The molecule has 1 amide bonds. The number of rotatable bonds is 4. The summed E-state index contributed by atoms with van der Waals surface area (Å²) >= 11 is 2.00. The van der Waals surface area contributed by atoms with Gasteiger partial charge in [-0.3, -0.25) is 4.79 Å². The van der Waals surface area contributed by atoms with Crippen molar-refractivity contribution in [2.45, 2.75) is 33.1 Å². The van der Waals surface area contributed by atoms with Crippen LogP contribution < -0.4 is 0 Å². The van der Waals surface area contributed by atoms with Crippen molar-refractivity contribution >= 4 is 17.7 Å². The molecule has 82 valence electrons. The van der Waals surface area contributed by atoms with Crippen LogP contribution in [-0.2, 0) is 4.79 Å². The zero-order chi connectivity index (χ0) is 10.4. The Balaban J connectivity index is 2.30. The number of hydrogen-bond donors (Lipinski definition) is 0. The molecule has 0 spiro atoms. The summed E-state index contributed by atoms with van der Waals surface area (Å²) < 4.78 is 0. The Morgan fingerprint density at radius 1 is 1.43 bits per heavy atom. The average molecular weight is 215 g/mol. The zero-order valence-corrected chi connectivity index (χ0v) is 10.1. The van der Waals surface area contributed by atoms with Gasteiger partial charge in [0.1, 0.15) is 0 Å². The van der Waals surface area contributed by atoms with Gasteiger partial charge in [-0.25, -0.2) is 0 Å². The maximum absolute atomic E-state index is 11.8. The molecule has 1 saturated heterocycles. The molecule has 1 fully saturated rings.